The Balaban J connectivity index is 2.02. The molecule has 156 valence electrons. The van der Waals surface area contributed by atoms with Crippen LogP contribution in [-0.2, 0) is 11.3 Å². The van der Waals surface area contributed by atoms with Crippen LogP contribution in [0.3, 0.4) is 0 Å². The van der Waals surface area contributed by atoms with E-state index in [0.717, 1.165) is 18.5 Å². The van der Waals surface area contributed by atoms with E-state index in [2.05, 4.69) is 14.9 Å². The maximum Gasteiger partial charge on any atom is 0.274 e. The highest BCUT2D eigenvalue weighted by molar-refractivity contribution is 5.92. The molecular weight excluding hydrogens is 366 g/mol. The van der Waals surface area contributed by atoms with Gasteiger partial charge in [0.05, 0.1) is 6.20 Å². The average molecular weight is 398 g/mol. The van der Waals surface area contributed by atoms with Crippen LogP contribution in [0.4, 0.5) is 0 Å². The molecule has 0 aliphatic rings. The molecule has 0 atom stereocenters. The average Bonchev–Trinajstić information content (AvgIpc) is 2.74. The van der Waals surface area contributed by atoms with E-state index in [1.165, 1.54) is 18.6 Å². The smallest absolute Gasteiger partial charge is 0.274 e. The van der Waals surface area contributed by atoms with Gasteiger partial charge in [-0.05, 0) is 26.1 Å². The molecule has 0 fully saturated rings. The Hall–Kier alpha value is -2.80. The van der Waals surface area contributed by atoms with Crippen molar-refractivity contribution in [2.75, 3.05) is 40.3 Å². The maximum atomic E-state index is 13.0. The topological polar surface area (TPSA) is 69.6 Å². The number of likely N-dealkylation sites (N-methyl/N-ethyl adjacent to an activating group) is 1. The number of carbonyl (C=O) groups is 2. The molecule has 0 radical (unpaired) electrons. The summed E-state index contributed by atoms with van der Waals surface area (Å²) in [6.07, 6.45) is 5.61. The SMILES string of the molecule is CCCN(CCC(=O)N(CCN(C)C)Cc1ccccc1)C(=O)c1cnccn1. The van der Waals surface area contributed by atoms with E-state index in [-0.39, 0.29) is 18.2 Å². The van der Waals surface area contributed by atoms with Gasteiger partial charge in [0.15, 0.2) is 0 Å². The quantitative estimate of drug-likeness (QED) is 0.582. The second-order valence-electron chi connectivity index (χ2n) is 7.24. The van der Waals surface area contributed by atoms with E-state index < -0.39 is 0 Å². The zero-order chi connectivity index (χ0) is 21.1. The Labute approximate surface area is 173 Å². The van der Waals surface area contributed by atoms with Crippen LogP contribution in [0.5, 0.6) is 0 Å². The summed E-state index contributed by atoms with van der Waals surface area (Å²) in [5, 5.41) is 0. The summed E-state index contributed by atoms with van der Waals surface area (Å²) in [5.41, 5.74) is 1.41. The monoisotopic (exact) mass is 397 g/mol. The number of hydrogen-bond donors (Lipinski definition) is 0. The summed E-state index contributed by atoms with van der Waals surface area (Å²) >= 11 is 0. The van der Waals surface area contributed by atoms with Crippen LogP contribution in [0, 0.1) is 0 Å². The molecule has 0 aliphatic heterocycles. The van der Waals surface area contributed by atoms with Crippen molar-refractivity contribution in [3.63, 3.8) is 0 Å². The first-order chi connectivity index (χ1) is 14.0. The highest BCUT2D eigenvalue weighted by Gasteiger charge is 2.20. The summed E-state index contributed by atoms with van der Waals surface area (Å²) in [6, 6.07) is 9.98. The van der Waals surface area contributed by atoms with Gasteiger partial charge >= 0.3 is 0 Å². The molecule has 1 heterocycles. The number of aromatic nitrogens is 2. The molecule has 7 nitrogen and oxygen atoms in total. The van der Waals surface area contributed by atoms with Crippen molar-refractivity contribution in [1.29, 1.82) is 0 Å². The number of rotatable bonds is 11. The number of benzene rings is 1. The van der Waals surface area contributed by atoms with Gasteiger partial charge in [-0.15, -0.1) is 0 Å². The van der Waals surface area contributed by atoms with E-state index in [4.69, 9.17) is 0 Å². The van der Waals surface area contributed by atoms with Crippen molar-refractivity contribution in [2.24, 2.45) is 0 Å². The van der Waals surface area contributed by atoms with Crippen LogP contribution in [0.25, 0.3) is 0 Å². The van der Waals surface area contributed by atoms with Crippen molar-refractivity contribution in [1.82, 2.24) is 24.7 Å². The third kappa shape index (κ3) is 7.62. The van der Waals surface area contributed by atoms with E-state index in [9.17, 15) is 9.59 Å². The lowest BCUT2D eigenvalue weighted by Crippen LogP contribution is -2.40. The van der Waals surface area contributed by atoms with Gasteiger partial charge in [0.1, 0.15) is 5.69 Å². The molecule has 0 spiro atoms. The number of nitrogens with zero attached hydrogens (tertiary/aromatic N) is 5. The largest absolute Gasteiger partial charge is 0.337 e. The Kier molecular flexibility index (Phi) is 9.24. The Bertz CT molecular complexity index is 752. The van der Waals surface area contributed by atoms with E-state index in [0.29, 0.717) is 31.9 Å². The summed E-state index contributed by atoms with van der Waals surface area (Å²) in [7, 11) is 3.99. The molecule has 0 N–H and O–H groups in total. The Morgan fingerprint density at radius 3 is 2.31 bits per heavy atom. The van der Waals surface area contributed by atoms with Gasteiger partial charge in [0.25, 0.3) is 5.91 Å². The zero-order valence-corrected chi connectivity index (χ0v) is 17.6. The van der Waals surface area contributed by atoms with Crippen LogP contribution in [0.2, 0.25) is 0 Å². The summed E-state index contributed by atoms with van der Waals surface area (Å²) < 4.78 is 0. The number of amides is 2. The lowest BCUT2D eigenvalue weighted by molar-refractivity contribution is -0.132. The fourth-order valence-electron chi connectivity index (χ4n) is 2.96. The van der Waals surface area contributed by atoms with Crippen LogP contribution < -0.4 is 0 Å². The van der Waals surface area contributed by atoms with Gasteiger partial charge < -0.3 is 14.7 Å². The maximum absolute atomic E-state index is 13.0. The highest BCUT2D eigenvalue weighted by atomic mass is 16.2. The lowest BCUT2D eigenvalue weighted by Gasteiger charge is -2.27. The molecule has 1 aromatic heterocycles. The minimum atomic E-state index is -0.185. The third-order valence-electron chi connectivity index (χ3n) is 4.54. The zero-order valence-electron chi connectivity index (χ0n) is 17.6. The van der Waals surface area contributed by atoms with Crippen molar-refractivity contribution < 1.29 is 9.59 Å². The van der Waals surface area contributed by atoms with E-state index in [1.807, 2.05) is 56.3 Å². The van der Waals surface area contributed by atoms with Crippen molar-refractivity contribution in [3.05, 3.63) is 60.2 Å². The Morgan fingerprint density at radius 1 is 0.931 bits per heavy atom. The standard InChI is InChI=1S/C22H31N5O2/c1-4-13-26(22(29)20-17-23-11-12-24-20)14-10-21(28)27(16-15-25(2)3)18-19-8-6-5-7-9-19/h5-9,11-12,17H,4,10,13-16,18H2,1-3H3. The summed E-state index contributed by atoms with van der Waals surface area (Å²) in [6.45, 7) is 4.97. The first kappa shape index (κ1) is 22.5. The van der Waals surface area contributed by atoms with E-state index in [1.54, 1.807) is 4.90 Å². The normalized spacial score (nSPS) is 10.8. The first-order valence-electron chi connectivity index (χ1n) is 10.0. The van der Waals surface area contributed by atoms with Gasteiger partial charge in [0.2, 0.25) is 5.91 Å². The predicted molar refractivity (Wildman–Crippen MR) is 113 cm³/mol. The highest BCUT2D eigenvalue weighted by Crippen LogP contribution is 2.09. The number of carbonyl (C=O) groups excluding carboxylic acids is 2. The molecule has 0 unspecified atom stereocenters. The van der Waals surface area contributed by atoms with Gasteiger partial charge in [-0.2, -0.15) is 0 Å². The van der Waals surface area contributed by atoms with Gasteiger partial charge in [-0.3, -0.25) is 14.6 Å². The molecule has 0 saturated carbocycles. The molecular formula is C22H31N5O2. The second-order valence-corrected chi connectivity index (χ2v) is 7.24. The fourth-order valence-corrected chi connectivity index (χ4v) is 2.96. The molecule has 7 heteroatoms. The summed E-state index contributed by atoms with van der Waals surface area (Å²) in [4.78, 5) is 39.4. The van der Waals surface area contributed by atoms with Crippen molar-refractivity contribution in [3.8, 4) is 0 Å². The minimum Gasteiger partial charge on any atom is -0.337 e. The lowest BCUT2D eigenvalue weighted by atomic mass is 10.2. The molecule has 0 bridgehead atoms. The minimum absolute atomic E-state index is 0.0451. The number of hydrogen-bond acceptors (Lipinski definition) is 5. The van der Waals surface area contributed by atoms with Crippen LogP contribution >= 0.6 is 0 Å². The van der Waals surface area contributed by atoms with Crippen molar-refractivity contribution in [2.45, 2.75) is 26.3 Å². The molecule has 2 amide bonds. The van der Waals surface area contributed by atoms with Crippen LogP contribution in [0.1, 0.15) is 35.8 Å². The molecule has 0 saturated heterocycles. The second kappa shape index (κ2) is 11.9. The molecule has 1 aromatic carbocycles. The first-order valence-corrected chi connectivity index (χ1v) is 10.0. The fraction of sp³-hybridized carbons (Fsp3) is 0.455. The third-order valence-corrected chi connectivity index (χ3v) is 4.54. The molecule has 2 rings (SSSR count). The van der Waals surface area contributed by atoms with Gasteiger partial charge in [-0.1, -0.05) is 37.3 Å². The molecule has 2 aromatic rings. The predicted octanol–water partition coefficient (Wildman–Crippen LogP) is 2.31. The van der Waals surface area contributed by atoms with E-state index >= 15 is 0 Å². The molecule has 0 aliphatic carbocycles. The molecule has 29 heavy (non-hydrogen) atoms. The summed E-state index contributed by atoms with van der Waals surface area (Å²) in [5.74, 6) is -0.139. The Morgan fingerprint density at radius 2 is 1.69 bits per heavy atom. The van der Waals surface area contributed by atoms with Gasteiger partial charge in [0, 0.05) is 51.5 Å². The van der Waals surface area contributed by atoms with Crippen LogP contribution in [-0.4, -0.2) is 76.8 Å². The van der Waals surface area contributed by atoms with Crippen LogP contribution in [0.15, 0.2) is 48.9 Å². The van der Waals surface area contributed by atoms with Gasteiger partial charge in [-0.25, -0.2) is 4.98 Å². The van der Waals surface area contributed by atoms with Crippen molar-refractivity contribution >= 4 is 11.8 Å².